The van der Waals surface area contributed by atoms with Gasteiger partial charge in [0.05, 0.1) is 37.4 Å². The Hall–Kier alpha value is -1.60. The highest BCUT2D eigenvalue weighted by molar-refractivity contribution is 9.10. The van der Waals surface area contributed by atoms with Crippen molar-refractivity contribution in [1.29, 1.82) is 0 Å². The molecule has 3 aromatic rings. The summed E-state index contributed by atoms with van der Waals surface area (Å²) in [6.07, 6.45) is 5.47. The third kappa shape index (κ3) is 3.03. The number of nitrogens with one attached hydrogen (secondary N) is 1. The minimum absolute atomic E-state index is 0.642. The molecule has 0 bridgehead atoms. The molecule has 7 heteroatoms. The summed E-state index contributed by atoms with van der Waals surface area (Å²) < 4.78 is 9.00. The van der Waals surface area contributed by atoms with E-state index in [4.69, 9.17) is 4.74 Å². The van der Waals surface area contributed by atoms with Crippen molar-refractivity contribution in [3.63, 3.8) is 0 Å². The Balaban J connectivity index is 1.85. The first-order chi connectivity index (χ1) is 10.2. The van der Waals surface area contributed by atoms with Gasteiger partial charge in [0, 0.05) is 16.7 Å². The molecule has 2 heterocycles. The normalized spacial score (nSPS) is 10.8. The van der Waals surface area contributed by atoms with Gasteiger partial charge in [-0.3, -0.25) is 4.40 Å². The van der Waals surface area contributed by atoms with E-state index in [0.29, 0.717) is 6.54 Å². The number of hydrogen-bond donors (Lipinski definition) is 1. The van der Waals surface area contributed by atoms with Crippen LogP contribution < -0.4 is 10.1 Å². The monoisotopic (exact) mass is 410 g/mol. The molecule has 0 atom stereocenters. The molecule has 0 fully saturated rings. The SMILES string of the molecule is COc1ccc(Br)c(NCc2cnc3cnc(Br)cn23)c1. The zero-order chi connectivity index (χ0) is 14.8. The first-order valence-corrected chi connectivity index (χ1v) is 7.81. The van der Waals surface area contributed by atoms with Crippen molar-refractivity contribution in [2.45, 2.75) is 6.54 Å². The van der Waals surface area contributed by atoms with Crippen LogP contribution >= 0.6 is 31.9 Å². The van der Waals surface area contributed by atoms with Crippen LogP contribution in [-0.2, 0) is 6.54 Å². The summed E-state index contributed by atoms with van der Waals surface area (Å²) in [6, 6.07) is 5.81. The molecule has 21 heavy (non-hydrogen) atoms. The number of benzene rings is 1. The predicted octanol–water partition coefficient (Wildman–Crippen LogP) is 3.88. The summed E-state index contributed by atoms with van der Waals surface area (Å²) >= 11 is 6.90. The molecule has 3 rings (SSSR count). The largest absolute Gasteiger partial charge is 0.497 e. The van der Waals surface area contributed by atoms with E-state index in [9.17, 15) is 0 Å². The van der Waals surface area contributed by atoms with Gasteiger partial charge < -0.3 is 10.1 Å². The average Bonchev–Trinajstić information content (AvgIpc) is 2.89. The van der Waals surface area contributed by atoms with Crippen LogP contribution in [0.2, 0.25) is 0 Å². The maximum Gasteiger partial charge on any atom is 0.155 e. The highest BCUT2D eigenvalue weighted by Crippen LogP contribution is 2.27. The van der Waals surface area contributed by atoms with Crippen LogP contribution in [0, 0.1) is 0 Å². The number of methoxy groups -OCH3 is 1. The van der Waals surface area contributed by atoms with Crippen molar-refractivity contribution in [2.24, 2.45) is 0 Å². The lowest BCUT2D eigenvalue weighted by Gasteiger charge is -2.10. The second-order valence-electron chi connectivity index (χ2n) is 4.39. The fourth-order valence-electron chi connectivity index (χ4n) is 2.00. The van der Waals surface area contributed by atoms with Crippen molar-refractivity contribution < 1.29 is 4.74 Å². The summed E-state index contributed by atoms with van der Waals surface area (Å²) in [4.78, 5) is 8.50. The average molecular weight is 412 g/mol. The van der Waals surface area contributed by atoms with Gasteiger partial charge in [-0.15, -0.1) is 0 Å². The number of halogens is 2. The fourth-order valence-corrected chi connectivity index (χ4v) is 2.69. The Morgan fingerprint density at radius 3 is 2.90 bits per heavy atom. The Morgan fingerprint density at radius 2 is 2.10 bits per heavy atom. The van der Waals surface area contributed by atoms with Crippen LogP contribution in [0.15, 0.2) is 45.9 Å². The third-order valence-electron chi connectivity index (χ3n) is 3.07. The molecule has 5 nitrogen and oxygen atoms in total. The van der Waals surface area contributed by atoms with Gasteiger partial charge in [0.1, 0.15) is 10.4 Å². The topological polar surface area (TPSA) is 51.5 Å². The third-order valence-corrected chi connectivity index (χ3v) is 4.18. The van der Waals surface area contributed by atoms with Crippen LogP contribution in [0.5, 0.6) is 5.75 Å². The zero-order valence-corrected chi connectivity index (χ0v) is 14.3. The van der Waals surface area contributed by atoms with Crippen LogP contribution in [0.3, 0.4) is 0 Å². The van der Waals surface area contributed by atoms with Crippen molar-refractivity contribution in [3.8, 4) is 5.75 Å². The lowest BCUT2D eigenvalue weighted by molar-refractivity contribution is 0.415. The molecule has 1 N–H and O–H groups in total. The number of hydrogen-bond acceptors (Lipinski definition) is 4. The smallest absolute Gasteiger partial charge is 0.155 e. The summed E-state index contributed by atoms with van der Waals surface area (Å²) in [5.41, 5.74) is 2.83. The van der Waals surface area contributed by atoms with E-state index in [2.05, 4.69) is 47.1 Å². The Labute approximate surface area is 138 Å². The molecule has 0 saturated heterocycles. The molecule has 0 aliphatic heterocycles. The Kier molecular flexibility index (Phi) is 4.12. The van der Waals surface area contributed by atoms with Gasteiger partial charge in [0.2, 0.25) is 0 Å². The number of ether oxygens (including phenoxy) is 1. The molecule has 2 aromatic heterocycles. The van der Waals surface area contributed by atoms with Crippen LogP contribution in [0.4, 0.5) is 5.69 Å². The summed E-state index contributed by atoms with van der Waals surface area (Å²) in [5.74, 6) is 0.811. The zero-order valence-electron chi connectivity index (χ0n) is 11.2. The highest BCUT2D eigenvalue weighted by Gasteiger charge is 2.06. The predicted molar refractivity (Wildman–Crippen MR) is 88.7 cm³/mol. The van der Waals surface area contributed by atoms with Crippen molar-refractivity contribution in [1.82, 2.24) is 14.4 Å². The summed E-state index contributed by atoms with van der Waals surface area (Å²) in [5, 5.41) is 3.38. The number of nitrogens with zero attached hydrogens (tertiary/aromatic N) is 3. The number of aromatic nitrogens is 3. The summed E-state index contributed by atoms with van der Waals surface area (Å²) in [7, 11) is 1.65. The van der Waals surface area contributed by atoms with Crippen molar-refractivity contribution in [3.05, 3.63) is 51.6 Å². The van der Waals surface area contributed by atoms with E-state index in [0.717, 1.165) is 31.9 Å². The van der Waals surface area contributed by atoms with Gasteiger partial charge in [0.25, 0.3) is 0 Å². The number of imidazole rings is 1. The Bertz CT molecular complexity index is 788. The first-order valence-electron chi connectivity index (χ1n) is 6.22. The van der Waals surface area contributed by atoms with Crippen molar-refractivity contribution in [2.75, 3.05) is 12.4 Å². The van der Waals surface area contributed by atoms with Gasteiger partial charge in [-0.2, -0.15) is 0 Å². The van der Waals surface area contributed by atoms with Gasteiger partial charge in [-0.25, -0.2) is 9.97 Å². The van der Waals surface area contributed by atoms with Gasteiger partial charge in [0.15, 0.2) is 5.65 Å². The number of rotatable bonds is 4. The second-order valence-corrected chi connectivity index (χ2v) is 6.05. The Morgan fingerprint density at radius 1 is 1.24 bits per heavy atom. The molecular formula is C14H12Br2N4O. The van der Waals surface area contributed by atoms with Gasteiger partial charge in [-0.1, -0.05) is 0 Å². The minimum atomic E-state index is 0.642. The molecule has 0 aliphatic carbocycles. The highest BCUT2D eigenvalue weighted by atomic mass is 79.9. The van der Waals surface area contributed by atoms with E-state index >= 15 is 0 Å². The maximum atomic E-state index is 5.24. The first kappa shape index (κ1) is 14.3. The molecule has 0 aliphatic rings. The number of fused-ring (bicyclic) bond motifs is 1. The van der Waals surface area contributed by atoms with E-state index in [1.807, 2.05) is 35.0 Å². The van der Waals surface area contributed by atoms with E-state index in [1.165, 1.54) is 0 Å². The van der Waals surface area contributed by atoms with E-state index in [1.54, 1.807) is 13.3 Å². The molecule has 108 valence electrons. The van der Waals surface area contributed by atoms with E-state index in [-0.39, 0.29) is 0 Å². The second kappa shape index (κ2) is 6.03. The van der Waals surface area contributed by atoms with Gasteiger partial charge in [-0.05, 0) is 44.0 Å². The molecule has 0 unspecified atom stereocenters. The molecule has 0 amide bonds. The van der Waals surface area contributed by atoms with Crippen molar-refractivity contribution >= 4 is 43.2 Å². The summed E-state index contributed by atoms with van der Waals surface area (Å²) in [6.45, 7) is 0.642. The standard InChI is InChI=1S/C14H12Br2N4O/c1-21-10-2-3-11(15)12(4-10)17-5-9-6-19-14-7-18-13(16)8-20(9)14/h2-4,6-8,17H,5H2,1H3. The molecule has 0 spiro atoms. The molecule has 0 saturated carbocycles. The van der Waals surface area contributed by atoms with Crippen LogP contribution in [0.25, 0.3) is 5.65 Å². The molecule has 1 aromatic carbocycles. The van der Waals surface area contributed by atoms with Crippen LogP contribution in [-0.4, -0.2) is 21.5 Å². The fraction of sp³-hybridized carbons (Fsp3) is 0.143. The lowest BCUT2D eigenvalue weighted by atomic mass is 10.3. The van der Waals surface area contributed by atoms with E-state index < -0.39 is 0 Å². The van der Waals surface area contributed by atoms with Gasteiger partial charge >= 0.3 is 0 Å². The number of anilines is 1. The lowest BCUT2D eigenvalue weighted by Crippen LogP contribution is -2.03. The quantitative estimate of drug-likeness (QED) is 0.707. The molecule has 0 radical (unpaired) electrons. The minimum Gasteiger partial charge on any atom is -0.497 e. The molecular weight excluding hydrogens is 400 g/mol. The van der Waals surface area contributed by atoms with Crippen LogP contribution in [0.1, 0.15) is 5.69 Å². The maximum absolute atomic E-state index is 5.24.